The average molecular weight is 304 g/mol. The molecular weight excluding hydrogens is 276 g/mol. The number of hydrogen-bond donors (Lipinski definition) is 2. The Morgan fingerprint density at radius 3 is 2.82 bits per heavy atom. The van der Waals surface area contributed by atoms with Crippen LogP contribution in [0.3, 0.4) is 0 Å². The quantitative estimate of drug-likeness (QED) is 0.876. The van der Waals surface area contributed by atoms with Crippen molar-refractivity contribution in [2.75, 3.05) is 6.61 Å². The number of carbonyl (C=O) groups excluding carboxylic acids is 1. The van der Waals surface area contributed by atoms with Gasteiger partial charge in [0.25, 0.3) is 0 Å². The van der Waals surface area contributed by atoms with Crippen LogP contribution in [0.15, 0.2) is 12.1 Å². The number of ether oxygens (including phenoxy) is 1. The van der Waals surface area contributed by atoms with Crippen LogP contribution in [0.2, 0.25) is 0 Å². The standard InChI is InChI=1S/C18H28N2O2/c1-5-6-15(19)13-9-12(4)17-14(10-13)16(7-8-22-17)20-18(21)11(2)3/h9-11,15-16H,5-8,19H2,1-4H3,(H,20,21). The first kappa shape index (κ1) is 16.8. The lowest BCUT2D eigenvalue weighted by Crippen LogP contribution is -2.35. The lowest BCUT2D eigenvalue weighted by molar-refractivity contribution is -0.124. The van der Waals surface area contributed by atoms with Crippen LogP contribution in [0, 0.1) is 12.8 Å². The summed E-state index contributed by atoms with van der Waals surface area (Å²) in [7, 11) is 0. The van der Waals surface area contributed by atoms with Gasteiger partial charge >= 0.3 is 0 Å². The lowest BCUT2D eigenvalue weighted by Gasteiger charge is -2.30. The van der Waals surface area contributed by atoms with Crippen LogP contribution in [0.25, 0.3) is 0 Å². The minimum atomic E-state index is -0.0158. The number of benzene rings is 1. The van der Waals surface area contributed by atoms with Gasteiger partial charge in [-0.15, -0.1) is 0 Å². The molecule has 0 fully saturated rings. The monoisotopic (exact) mass is 304 g/mol. The number of rotatable bonds is 5. The first-order chi connectivity index (χ1) is 10.4. The fourth-order valence-corrected chi connectivity index (χ4v) is 2.90. The number of aryl methyl sites for hydroxylation is 1. The van der Waals surface area contributed by atoms with Gasteiger partial charge in [0.1, 0.15) is 5.75 Å². The molecular formula is C18H28N2O2. The molecule has 0 bridgehead atoms. The summed E-state index contributed by atoms with van der Waals surface area (Å²) in [5, 5.41) is 3.14. The highest BCUT2D eigenvalue weighted by molar-refractivity contribution is 5.78. The minimum Gasteiger partial charge on any atom is -0.493 e. The zero-order valence-electron chi connectivity index (χ0n) is 14.1. The smallest absolute Gasteiger partial charge is 0.223 e. The molecule has 0 spiro atoms. The highest BCUT2D eigenvalue weighted by Gasteiger charge is 2.26. The molecule has 1 aromatic rings. The molecule has 1 heterocycles. The first-order valence-electron chi connectivity index (χ1n) is 8.27. The van der Waals surface area contributed by atoms with E-state index in [1.165, 1.54) is 0 Å². The van der Waals surface area contributed by atoms with E-state index in [2.05, 4.69) is 24.4 Å². The molecule has 1 aliphatic heterocycles. The largest absolute Gasteiger partial charge is 0.493 e. The van der Waals surface area contributed by atoms with Crippen LogP contribution < -0.4 is 15.8 Å². The molecule has 1 aliphatic rings. The molecule has 122 valence electrons. The van der Waals surface area contributed by atoms with Crippen molar-refractivity contribution < 1.29 is 9.53 Å². The van der Waals surface area contributed by atoms with Gasteiger partial charge in [-0.3, -0.25) is 4.79 Å². The molecule has 2 unspecified atom stereocenters. The Morgan fingerprint density at radius 2 is 2.18 bits per heavy atom. The van der Waals surface area contributed by atoms with Crippen LogP contribution in [-0.2, 0) is 4.79 Å². The Kier molecular flexibility index (Phi) is 5.46. The molecule has 0 aromatic heterocycles. The third-order valence-corrected chi connectivity index (χ3v) is 4.22. The van der Waals surface area contributed by atoms with E-state index >= 15 is 0 Å². The van der Waals surface area contributed by atoms with Crippen LogP contribution in [0.1, 0.15) is 68.8 Å². The van der Waals surface area contributed by atoms with Gasteiger partial charge in [-0.1, -0.05) is 33.3 Å². The van der Waals surface area contributed by atoms with Crippen LogP contribution in [0.4, 0.5) is 0 Å². The maximum atomic E-state index is 12.1. The maximum Gasteiger partial charge on any atom is 0.223 e. The molecule has 3 N–H and O–H groups in total. The zero-order chi connectivity index (χ0) is 16.3. The topological polar surface area (TPSA) is 64.3 Å². The minimum absolute atomic E-state index is 0.0158. The number of carbonyl (C=O) groups is 1. The van der Waals surface area contributed by atoms with Crippen molar-refractivity contribution in [3.63, 3.8) is 0 Å². The second kappa shape index (κ2) is 7.14. The Bertz CT molecular complexity index is 540. The van der Waals surface area contributed by atoms with Crippen molar-refractivity contribution >= 4 is 5.91 Å². The highest BCUT2D eigenvalue weighted by atomic mass is 16.5. The van der Waals surface area contributed by atoms with Crippen molar-refractivity contribution in [1.29, 1.82) is 0 Å². The molecule has 0 aliphatic carbocycles. The summed E-state index contributed by atoms with van der Waals surface area (Å²) in [5.74, 6) is 0.976. The third kappa shape index (κ3) is 3.61. The van der Waals surface area contributed by atoms with Gasteiger partial charge in [0.15, 0.2) is 0 Å². The Labute approximate surface area is 133 Å². The van der Waals surface area contributed by atoms with Crippen molar-refractivity contribution in [1.82, 2.24) is 5.32 Å². The molecule has 0 radical (unpaired) electrons. The van der Waals surface area contributed by atoms with Crippen LogP contribution in [0.5, 0.6) is 5.75 Å². The summed E-state index contributed by atoms with van der Waals surface area (Å²) in [6.07, 6.45) is 2.82. The normalized spacial score (nSPS) is 18.5. The van der Waals surface area contributed by atoms with E-state index in [0.29, 0.717) is 6.61 Å². The SMILES string of the molecule is CCCC(N)c1cc(C)c2c(c1)C(NC(=O)C(C)C)CCO2. The number of nitrogens with one attached hydrogen (secondary N) is 1. The second-order valence-electron chi connectivity index (χ2n) is 6.50. The number of hydrogen-bond acceptors (Lipinski definition) is 3. The number of amides is 1. The van der Waals surface area contributed by atoms with Gasteiger partial charge in [0.2, 0.25) is 5.91 Å². The molecule has 4 heteroatoms. The predicted octanol–water partition coefficient (Wildman–Crippen LogP) is 3.39. The van der Waals surface area contributed by atoms with E-state index in [4.69, 9.17) is 10.5 Å². The summed E-state index contributed by atoms with van der Waals surface area (Å²) < 4.78 is 5.83. The Morgan fingerprint density at radius 1 is 1.45 bits per heavy atom. The summed E-state index contributed by atoms with van der Waals surface area (Å²) >= 11 is 0. The molecule has 4 nitrogen and oxygen atoms in total. The van der Waals surface area contributed by atoms with Gasteiger partial charge in [0.05, 0.1) is 12.6 Å². The van der Waals surface area contributed by atoms with Crippen molar-refractivity contribution in [2.24, 2.45) is 11.7 Å². The van der Waals surface area contributed by atoms with Gasteiger partial charge in [-0.2, -0.15) is 0 Å². The van der Waals surface area contributed by atoms with Crippen molar-refractivity contribution in [2.45, 2.75) is 59.0 Å². The van der Waals surface area contributed by atoms with Crippen molar-refractivity contribution in [3.8, 4) is 5.75 Å². The maximum absolute atomic E-state index is 12.1. The van der Waals surface area contributed by atoms with Gasteiger partial charge in [0, 0.05) is 23.9 Å². The van der Waals surface area contributed by atoms with E-state index in [9.17, 15) is 4.79 Å². The fourth-order valence-electron chi connectivity index (χ4n) is 2.90. The first-order valence-corrected chi connectivity index (χ1v) is 8.27. The van der Waals surface area contributed by atoms with Gasteiger partial charge < -0.3 is 15.8 Å². The number of fused-ring (bicyclic) bond motifs is 1. The molecule has 1 amide bonds. The van der Waals surface area contributed by atoms with E-state index in [1.54, 1.807) is 0 Å². The average Bonchev–Trinajstić information content (AvgIpc) is 2.48. The Hall–Kier alpha value is -1.55. The lowest BCUT2D eigenvalue weighted by atomic mass is 9.91. The van der Waals surface area contributed by atoms with Gasteiger partial charge in [-0.25, -0.2) is 0 Å². The summed E-state index contributed by atoms with van der Waals surface area (Å²) in [4.78, 5) is 12.1. The molecule has 2 rings (SSSR count). The van der Waals surface area contributed by atoms with Crippen molar-refractivity contribution in [3.05, 3.63) is 28.8 Å². The van der Waals surface area contributed by atoms with E-state index in [1.807, 2.05) is 20.8 Å². The molecule has 2 atom stereocenters. The third-order valence-electron chi connectivity index (χ3n) is 4.22. The Balaban J connectivity index is 2.33. The number of nitrogens with two attached hydrogens (primary N) is 1. The summed E-state index contributed by atoms with van der Waals surface area (Å²) in [5.41, 5.74) is 9.58. The zero-order valence-corrected chi connectivity index (χ0v) is 14.1. The second-order valence-corrected chi connectivity index (χ2v) is 6.50. The van der Waals surface area contributed by atoms with E-state index in [0.717, 1.165) is 41.7 Å². The fraction of sp³-hybridized carbons (Fsp3) is 0.611. The molecule has 0 saturated heterocycles. The van der Waals surface area contributed by atoms with Gasteiger partial charge in [-0.05, 0) is 30.5 Å². The van der Waals surface area contributed by atoms with Crippen LogP contribution in [-0.4, -0.2) is 12.5 Å². The summed E-state index contributed by atoms with van der Waals surface area (Å²) in [6.45, 7) is 8.65. The summed E-state index contributed by atoms with van der Waals surface area (Å²) in [6, 6.07) is 4.29. The van der Waals surface area contributed by atoms with E-state index < -0.39 is 0 Å². The molecule has 1 aromatic carbocycles. The van der Waals surface area contributed by atoms with Crippen LogP contribution >= 0.6 is 0 Å². The highest BCUT2D eigenvalue weighted by Crippen LogP contribution is 2.37. The molecule has 22 heavy (non-hydrogen) atoms. The molecule has 0 saturated carbocycles. The van der Waals surface area contributed by atoms with E-state index in [-0.39, 0.29) is 23.9 Å². The predicted molar refractivity (Wildman–Crippen MR) is 88.8 cm³/mol.